The third kappa shape index (κ3) is 4.22. The summed E-state index contributed by atoms with van der Waals surface area (Å²) in [6, 6.07) is 12.7. The van der Waals surface area contributed by atoms with E-state index in [1.165, 1.54) is 4.90 Å². The lowest BCUT2D eigenvalue weighted by atomic mass is 9.75. The van der Waals surface area contributed by atoms with E-state index in [4.69, 9.17) is 0 Å². The van der Waals surface area contributed by atoms with Gasteiger partial charge in [-0.25, -0.2) is 0 Å². The van der Waals surface area contributed by atoms with E-state index in [1.54, 1.807) is 47.6 Å². The summed E-state index contributed by atoms with van der Waals surface area (Å²) in [5.41, 5.74) is 0.204. The Morgan fingerprint density at radius 3 is 2.40 bits per heavy atom. The van der Waals surface area contributed by atoms with Crippen LogP contribution in [0.2, 0.25) is 0 Å². The van der Waals surface area contributed by atoms with Crippen molar-refractivity contribution in [3.63, 3.8) is 0 Å². The number of benzene rings is 1. The van der Waals surface area contributed by atoms with Gasteiger partial charge in [-0.3, -0.25) is 24.3 Å². The molecule has 1 aliphatic rings. The largest absolute Gasteiger partial charge is 0.335 e. The molecule has 3 rings (SSSR count). The maximum absolute atomic E-state index is 13.6. The van der Waals surface area contributed by atoms with Crippen molar-refractivity contribution in [1.29, 1.82) is 0 Å². The number of amides is 3. The number of carbonyl (C=O) groups is 3. The molecule has 3 amide bonds. The predicted molar refractivity (Wildman–Crippen MR) is 114 cm³/mol. The van der Waals surface area contributed by atoms with Gasteiger partial charge in [-0.05, 0) is 17.2 Å². The second-order valence-corrected chi connectivity index (χ2v) is 7.32. The van der Waals surface area contributed by atoms with Crippen molar-refractivity contribution in [1.82, 2.24) is 14.8 Å². The molecule has 0 bridgehead atoms. The smallest absolute Gasteiger partial charge is 0.241 e. The fourth-order valence-corrected chi connectivity index (χ4v) is 3.82. The van der Waals surface area contributed by atoms with Gasteiger partial charge in [0.15, 0.2) is 0 Å². The maximum atomic E-state index is 13.6. The summed E-state index contributed by atoms with van der Waals surface area (Å²) in [4.78, 5) is 46.5. The summed E-state index contributed by atoms with van der Waals surface area (Å²) in [5.74, 6) is -0.865. The molecule has 0 aliphatic carbocycles. The average Bonchev–Trinajstić information content (AvgIpc) is 3.00. The number of hydrogen-bond donors (Lipinski definition) is 0. The number of aromatic nitrogens is 1. The van der Waals surface area contributed by atoms with Crippen LogP contribution in [-0.4, -0.2) is 45.6 Å². The number of likely N-dealkylation sites (tertiary alicyclic amines) is 1. The van der Waals surface area contributed by atoms with Crippen molar-refractivity contribution in [2.75, 3.05) is 13.1 Å². The molecule has 1 saturated heterocycles. The Kier molecular flexibility index (Phi) is 6.57. The second kappa shape index (κ2) is 9.31. The number of carbonyl (C=O) groups excluding carboxylic acids is 3. The van der Waals surface area contributed by atoms with Crippen LogP contribution in [0.5, 0.6) is 0 Å². The monoisotopic (exact) mass is 403 g/mol. The highest BCUT2D eigenvalue weighted by Crippen LogP contribution is 2.40. The molecule has 2 heterocycles. The molecule has 0 N–H and O–H groups in total. The minimum absolute atomic E-state index is 0.0438. The SMILES string of the molecule is C=CCN(CC=C)C(=O)CC1(c2ccccc2)CC(=O)N(Cc2cccnc2)C1=O. The normalized spacial score (nSPS) is 18.3. The number of rotatable bonds is 9. The zero-order valence-corrected chi connectivity index (χ0v) is 16.9. The summed E-state index contributed by atoms with van der Waals surface area (Å²) < 4.78 is 0. The minimum atomic E-state index is -1.22. The van der Waals surface area contributed by atoms with Gasteiger partial charge in [-0.2, -0.15) is 0 Å². The predicted octanol–water partition coefficient (Wildman–Crippen LogP) is 2.87. The van der Waals surface area contributed by atoms with Gasteiger partial charge in [0.05, 0.1) is 12.0 Å². The van der Waals surface area contributed by atoms with Gasteiger partial charge in [0.1, 0.15) is 0 Å². The Morgan fingerprint density at radius 1 is 1.10 bits per heavy atom. The van der Waals surface area contributed by atoms with Crippen LogP contribution >= 0.6 is 0 Å². The Morgan fingerprint density at radius 2 is 1.80 bits per heavy atom. The highest BCUT2D eigenvalue weighted by Gasteiger charge is 2.53. The van der Waals surface area contributed by atoms with E-state index in [0.29, 0.717) is 18.7 Å². The zero-order valence-electron chi connectivity index (χ0n) is 16.9. The lowest BCUT2D eigenvalue weighted by Crippen LogP contribution is -2.43. The van der Waals surface area contributed by atoms with Crippen LogP contribution in [0.1, 0.15) is 24.0 Å². The lowest BCUT2D eigenvalue weighted by Gasteiger charge is -2.30. The molecule has 1 unspecified atom stereocenters. The summed E-state index contributed by atoms with van der Waals surface area (Å²) in [7, 11) is 0. The first-order valence-corrected chi connectivity index (χ1v) is 9.80. The fraction of sp³-hybridized carbons (Fsp3) is 0.250. The highest BCUT2D eigenvalue weighted by molar-refractivity contribution is 6.10. The summed E-state index contributed by atoms with van der Waals surface area (Å²) in [6.07, 6.45) is 6.40. The quantitative estimate of drug-likeness (QED) is 0.477. The van der Waals surface area contributed by atoms with Crippen molar-refractivity contribution in [3.05, 3.63) is 91.3 Å². The molecule has 1 aromatic carbocycles. The molecule has 30 heavy (non-hydrogen) atoms. The molecule has 1 atom stereocenters. The van der Waals surface area contributed by atoms with Crippen molar-refractivity contribution in [3.8, 4) is 0 Å². The molecular formula is C24H25N3O3. The van der Waals surface area contributed by atoms with Crippen molar-refractivity contribution >= 4 is 17.7 Å². The fourth-order valence-electron chi connectivity index (χ4n) is 3.82. The topological polar surface area (TPSA) is 70.6 Å². The minimum Gasteiger partial charge on any atom is -0.335 e. The third-order valence-electron chi connectivity index (χ3n) is 5.30. The van der Waals surface area contributed by atoms with E-state index in [1.807, 2.05) is 24.3 Å². The maximum Gasteiger partial charge on any atom is 0.241 e. The van der Waals surface area contributed by atoms with Crippen molar-refractivity contribution in [2.24, 2.45) is 0 Å². The number of hydrogen-bond acceptors (Lipinski definition) is 4. The molecule has 1 fully saturated rings. The first-order valence-electron chi connectivity index (χ1n) is 9.80. The van der Waals surface area contributed by atoms with Crippen LogP contribution in [0.4, 0.5) is 0 Å². The Labute approximate surface area is 176 Å². The standard InChI is InChI=1S/C24H25N3O3/c1-3-13-26(14-4-2)21(28)15-24(20-10-6-5-7-11-20)16-22(29)27(23(24)30)18-19-9-8-12-25-17-19/h3-12,17H,1-2,13-16,18H2. The molecular weight excluding hydrogens is 378 g/mol. The van der Waals surface area contributed by atoms with E-state index in [9.17, 15) is 14.4 Å². The molecule has 6 heteroatoms. The van der Waals surface area contributed by atoms with Gasteiger partial charge < -0.3 is 4.90 Å². The first-order chi connectivity index (χ1) is 14.5. The Balaban J connectivity index is 1.96. The van der Waals surface area contributed by atoms with Crippen LogP contribution in [-0.2, 0) is 26.3 Å². The zero-order chi connectivity index (χ0) is 21.6. The Bertz CT molecular complexity index is 933. The second-order valence-electron chi connectivity index (χ2n) is 7.32. The molecule has 0 radical (unpaired) electrons. The molecule has 6 nitrogen and oxygen atoms in total. The molecule has 154 valence electrons. The number of imide groups is 1. The molecule has 2 aromatic rings. The van der Waals surface area contributed by atoms with Crippen LogP contribution in [0.25, 0.3) is 0 Å². The van der Waals surface area contributed by atoms with E-state index < -0.39 is 5.41 Å². The van der Waals surface area contributed by atoms with E-state index in [2.05, 4.69) is 18.1 Å². The van der Waals surface area contributed by atoms with Gasteiger partial charge in [-0.1, -0.05) is 48.6 Å². The number of nitrogens with zero attached hydrogens (tertiary/aromatic N) is 3. The number of pyridine rings is 1. The van der Waals surface area contributed by atoms with Crippen LogP contribution in [0.3, 0.4) is 0 Å². The third-order valence-corrected chi connectivity index (χ3v) is 5.30. The van der Waals surface area contributed by atoms with Gasteiger partial charge in [-0.15, -0.1) is 13.2 Å². The first kappa shape index (κ1) is 21.2. The van der Waals surface area contributed by atoms with E-state index in [0.717, 1.165) is 5.56 Å². The average molecular weight is 403 g/mol. The highest BCUT2D eigenvalue weighted by atomic mass is 16.2. The molecule has 1 aromatic heterocycles. The molecule has 1 aliphatic heterocycles. The van der Waals surface area contributed by atoms with Gasteiger partial charge in [0.25, 0.3) is 0 Å². The summed E-state index contributed by atoms with van der Waals surface area (Å²) >= 11 is 0. The Hall–Kier alpha value is -3.54. The summed E-state index contributed by atoms with van der Waals surface area (Å²) in [6.45, 7) is 8.22. The lowest BCUT2D eigenvalue weighted by molar-refractivity contribution is -0.143. The summed E-state index contributed by atoms with van der Waals surface area (Å²) in [5, 5.41) is 0. The van der Waals surface area contributed by atoms with Gasteiger partial charge >= 0.3 is 0 Å². The van der Waals surface area contributed by atoms with E-state index >= 15 is 0 Å². The molecule has 0 spiro atoms. The van der Waals surface area contributed by atoms with Crippen LogP contribution in [0, 0.1) is 0 Å². The molecule has 0 saturated carbocycles. The van der Waals surface area contributed by atoms with Gasteiger partial charge in [0, 0.05) is 38.3 Å². The van der Waals surface area contributed by atoms with Crippen molar-refractivity contribution < 1.29 is 14.4 Å². The van der Waals surface area contributed by atoms with Gasteiger partial charge in [0.2, 0.25) is 17.7 Å². The van der Waals surface area contributed by atoms with Crippen LogP contribution in [0.15, 0.2) is 80.2 Å². The van der Waals surface area contributed by atoms with Crippen LogP contribution < -0.4 is 0 Å². The van der Waals surface area contributed by atoms with Crippen molar-refractivity contribution in [2.45, 2.75) is 24.8 Å². The van der Waals surface area contributed by atoms with E-state index in [-0.39, 0.29) is 37.1 Å².